The number of amides is 1. The van der Waals surface area contributed by atoms with Crippen molar-refractivity contribution in [2.45, 2.75) is 38.6 Å². The van der Waals surface area contributed by atoms with Crippen LogP contribution in [0.3, 0.4) is 0 Å². The molecule has 1 saturated carbocycles. The van der Waals surface area contributed by atoms with E-state index in [9.17, 15) is 9.59 Å². The zero-order chi connectivity index (χ0) is 12.1. The molecule has 0 aromatic rings. The lowest BCUT2D eigenvalue weighted by atomic mass is 10.0. The van der Waals surface area contributed by atoms with Crippen molar-refractivity contribution < 1.29 is 14.7 Å². The lowest BCUT2D eigenvalue weighted by Gasteiger charge is -2.14. The average molecular weight is 223 g/mol. The van der Waals surface area contributed by atoms with Crippen molar-refractivity contribution in [3.8, 4) is 12.3 Å². The fourth-order valence-electron chi connectivity index (χ4n) is 2.00. The van der Waals surface area contributed by atoms with Crippen LogP contribution in [0.25, 0.3) is 0 Å². The van der Waals surface area contributed by atoms with Gasteiger partial charge in [-0.05, 0) is 25.7 Å². The fraction of sp³-hybridized carbons (Fsp3) is 0.667. The van der Waals surface area contributed by atoms with Gasteiger partial charge in [-0.1, -0.05) is 12.8 Å². The Bertz CT molecular complexity index is 319. The first-order chi connectivity index (χ1) is 7.58. The van der Waals surface area contributed by atoms with Gasteiger partial charge in [0.2, 0.25) is 5.91 Å². The third-order valence-electron chi connectivity index (χ3n) is 3.08. The van der Waals surface area contributed by atoms with Gasteiger partial charge in [-0.25, -0.2) is 0 Å². The summed E-state index contributed by atoms with van der Waals surface area (Å²) in [6.45, 7) is 1.90. The van der Waals surface area contributed by atoms with E-state index in [0.717, 1.165) is 0 Å². The van der Waals surface area contributed by atoms with Gasteiger partial charge in [0, 0.05) is 5.92 Å². The number of terminal acetylenes is 1. The highest BCUT2D eigenvalue weighted by Gasteiger charge is 2.34. The smallest absolute Gasteiger partial charge is 0.306 e. The van der Waals surface area contributed by atoms with E-state index in [1.807, 2.05) is 6.92 Å². The lowest BCUT2D eigenvalue weighted by Crippen LogP contribution is -2.37. The Morgan fingerprint density at radius 3 is 2.56 bits per heavy atom. The van der Waals surface area contributed by atoms with Crippen molar-refractivity contribution in [3.05, 3.63) is 0 Å². The molecule has 0 aliphatic heterocycles. The first-order valence-corrected chi connectivity index (χ1v) is 5.57. The molecule has 0 saturated heterocycles. The van der Waals surface area contributed by atoms with Crippen molar-refractivity contribution >= 4 is 11.9 Å². The molecule has 0 heterocycles. The van der Waals surface area contributed by atoms with Crippen LogP contribution in [0, 0.1) is 24.2 Å². The summed E-state index contributed by atoms with van der Waals surface area (Å²) in [5.41, 5.74) is 0. The Kier molecular flexibility index (Phi) is 4.36. The van der Waals surface area contributed by atoms with Crippen LogP contribution < -0.4 is 5.32 Å². The maximum Gasteiger partial charge on any atom is 0.306 e. The number of carbonyl (C=O) groups excluding carboxylic acids is 1. The summed E-state index contributed by atoms with van der Waals surface area (Å²) in [5, 5.41) is 11.6. The summed E-state index contributed by atoms with van der Waals surface area (Å²) >= 11 is 0. The molecule has 3 atom stereocenters. The van der Waals surface area contributed by atoms with Gasteiger partial charge in [-0.15, -0.1) is 6.42 Å². The van der Waals surface area contributed by atoms with Crippen LogP contribution in [0.1, 0.15) is 32.6 Å². The van der Waals surface area contributed by atoms with E-state index < -0.39 is 5.97 Å². The zero-order valence-electron chi connectivity index (χ0n) is 9.40. The van der Waals surface area contributed by atoms with Crippen LogP contribution in [0.15, 0.2) is 0 Å². The second kappa shape index (κ2) is 5.55. The Labute approximate surface area is 95.4 Å². The standard InChI is InChI=1S/C12H17NO3/c1-3-10(4-2)13-11(14)8-5-6-9(7-8)12(15)16/h1,8-10H,4-7H2,2H3,(H,13,14)(H,15,16). The maximum absolute atomic E-state index is 11.7. The molecule has 0 spiro atoms. The number of carbonyl (C=O) groups is 2. The van der Waals surface area contributed by atoms with Crippen LogP contribution in [0.5, 0.6) is 0 Å². The van der Waals surface area contributed by atoms with Crippen molar-refractivity contribution in [2.75, 3.05) is 0 Å². The van der Waals surface area contributed by atoms with Crippen LogP contribution in [0.2, 0.25) is 0 Å². The minimum Gasteiger partial charge on any atom is -0.481 e. The molecule has 0 bridgehead atoms. The van der Waals surface area contributed by atoms with Crippen molar-refractivity contribution in [1.29, 1.82) is 0 Å². The number of carboxylic acid groups (broad SMARTS) is 1. The molecule has 2 N–H and O–H groups in total. The Hall–Kier alpha value is -1.50. The molecular formula is C12H17NO3. The number of carboxylic acids is 1. The van der Waals surface area contributed by atoms with Gasteiger partial charge < -0.3 is 10.4 Å². The molecule has 1 rings (SSSR count). The number of rotatable bonds is 4. The summed E-state index contributed by atoms with van der Waals surface area (Å²) in [6, 6.07) is -0.239. The van der Waals surface area contributed by atoms with E-state index in [0.29, 0.717) is 25.7 Å². The second-order valence-corrected chi connectivity index (χ2v) is 4.18. The number of nitrogens with one attached hydrogen (secondary N) is 1. The van der Waals surface area contributed by atoms with Crippen molar-refractivity contribution in [1.82, 2.24) is 5.32 Å². The Morgan fingerprint density at radius 2 is 2.12 bits per heavy atom. The molecule has 3 unspecified atom stereocenters. The molecule has 1 aliphatic rings. The highest BCUT2D eigenvalue weighted by Crippen LogP contribution is 2.31. The molecule has 0 radical (unpaired) electrons. The number of hydrogen-bond acceptors (Lipinski definition) is 2. The Morgan fingerprint density at radius 1 is 1.50 bits per heavy atom. The normalized spacial score (nSPS) is 25.8. The highest BCUT2D eigenvalue weighted by atomic mass is 16.4. The largest absolute Gasteiger partial charge is 0.481 e. The van der Waals surface area contributed by atoms with Crippen molar-refractivity contribution in [3.63, 3.8) is 0 Å². The van der Waals surface area contributed by atoms with E-state index in [2.05, 4.69) is 11.2 Å². The van der Waals surface area contributed by atoms with Crippen LogP contribution in [-0.2, 0) is 9.59 Å². The summed E-state index contributed by atoms with van der Waals surface area (Å²) in [5.74, 6) is 1.02. The van der Waals surface area contributed by atoms with Gasteiger partial charge in [-0.3, -0.25) is 9.59 Å². The second-order valence-electron chi connectivity index (χ2n) is 4.18. The van der Waals surface area contributed by atoms with Gasteiger partial charge in [0.15, 0.2) is 0 Å². The first-order valence-electron chi connectivity index (χ1n) is 5.57. The number of aliphatic carboxylic acids is 1. The molecule has 88 valence electrons. The molecule has 16 heavy (non-hydrogen) atoms. The summed E-state index contributed by atoms with van der Waals surface area (Å²) in [7, 11) is 0. The van der Waals surface area contributed by atoms with Gasteiger partial charge in [0.1, 0.15) is 0 Å². The fourth-order valence-corrected chi connectivity index (χ4v) is 2.00. The van der Waals surface area contributed by atoms with E-state index in [1.54, 1.807) is 0 Å². The van der Waals surface area contributed by atoms with E-state index >= 15 is 0 Å². The maximum atomic E-state index is 11.7. The van der Waals surface area contributed by atoms with E-state index in [1.165, 1.54) is 0 Å². The van der Waals surface area contributed by atoms with Crippen LogP contribution >= 0.6 is 0 Å². The first kappa shape index (κ1) is 12.6. The summed E-state index contributed by atoms with van der Waals surface area (Å²) in [4.78, 5) is 22.5. The molecule has 0 aromatic heterocycles. The average Bonchev–Trinajstić information content (AvgIpc) is 2.74. The molecular weight excluding hydrogens is 206 g/mol. The van der Waals surface area contributed by atoms with Gasteiger partial charge in [0.05, 0.1) is 12.0 Å². The lowest BCUT2D eigenvalue weighted by molar-refractivity contribution is -0.141. The topological polar surface area (TPSA) is 66.4 Å². The monoisotopic (exact) mass is 223 g/mol. The summed E-state index contributed by atoms with van der Waals surface area (Å²) < 4.78 is 0. The third kappa shape index (κ3) is 2.99. The zero-order valence-corrected chi connectivity index (χ0v) is 9.40. The summed E-state index contributed by atoms with van der Waals surface area (Å²) in [6.07, 6.45) is 7.60. The minimum absolute atomic E-state index is 0.103. The molecule has 1 aliphatic carbocycles. The van der Waals surface area contributed by atoms with E-state index in [4.69, 9.17) is 11.5 Å². The van der Waals surface area contributed by atoms with Gasteiger partial charge in [-0.2, -0.15) is 0 Å². The third-order valence-corrected chi connectivity index (χ3v) is 3.08. The predicted molar refractivity (Wildman–Crippen MR) is 59.5 cm³/mol. The van der Waals surface area contributed by atoms with Crippen LogP contribution in [0.4, 0.5) is 0 Å². The quantitative estimate of drug-likeness (QED) is 0.699. The molecule has 4 nitrogen and oxygen atoms in total. The Balaban J connectivity index is 2.45. The molecule has 1 fully saturated rings. The van der Waals surface area contributed by atoms with Crippen LogP contribution in [-0.4, -0.2) is 23.0 Å². The predicted octanol–water partition coefficient (Wildman–Crippen LogP) is 1.02. The highest BCUT2D eigenvalue weighted by molar-refractivity contribution is 5.81. The van der Waals surface area contributed by atoms with E-state index in [-0.39, 0.29) is 23.8 Å². The SMILES string of the molecule is C#CC(CC)NC(=O)C1CCC(C(=O)O)C1. The number of hydrogen-bond donors (Lipinski definition) is 2. The molecule has 1 amide bonds. The van der Waals surface area contributed by atoms with Gasteiger partial charge >= 0.3 is 5.97 Å². The van der Waals surface area contributed by atoms with Crippen molar-refractivity contribution in [2.24, 2.45) is 11.8 Å². The molecule has 0 aromatic carbocycles. The minimum atomic E-state index is -0.806. The molecule has 4 heteroatoms. The van der Waals surface area contributed by atoms with Gasteiger partial charge in [0.25, 0.3) is 0 Å².